The summed E-state index contributed by atoms with van der Waals surface area (Å²) < 4.78 is 42.3. The molecule has 0 amide bonds. The first-order valence-electron chi connectivity index (χ1n) is 4.75. The van der Waals surface area contributed by atoms with Crippen LogP contribution < -0.4 is 0 Å². The summed E-state index contributed by atoms with van der Waals surface area (Å²) in [5.41, 5.74) is 0. The summed E-state index contributed by atoms with van der Waals surface area (Å²) in [6.07, 6.45) is -2.00. The fourth-order valence-corrected chi connectivity index (χ4v) is 2.39. The van der Waals surface area contributed by atoms with E-state index in [0.717, 1.165) is 6.42 Å². The molecule has 0 aromatic rings. The molecule has 1 nitrogen and oxygen atoms in total. The second-order valence-electron chi connectivity index (χ2n) is 4.01. The highest BCUT2D eigenvalue weighted by Crippen LogP contribution is 2.43. The summed E-state index contributed by atoms with van der Waals surface area (Å²) in [5, 5.41) is 0. The van der Waals surface area contributed by atoms with Crippen LogP contribution in [0.5, 0.6) is 0 Å². The minimum atomic E-state index is -4.02. The molecule has 0 bridgehead atoms. The van der Waals surface area contributed by atoms with E-state index >= 15 is 0 Å². The van der Waals surface area contributed by atoms with Gasteiger partial charge in [-0.15, -0.1) is 0 Å². The lowest BCUT2D eigenvalue weighted by molar-refractivity contribution is -0.192. The third-order valence-corrected chi connectivity index (χ3v) is 3.21. The van der Waals surface area contributed by atoms with Gasteiger partial charge >= 0.3 is 6.18 Å². The number of alkyl halides is 3. The first-order chi connectivity index (χ1) is 6.07. The van der Waals surface area contributed by atoms with Crippen molar-refractivity contribution in [3.63, 3.8) is 0 Å². The molecular weight excluding hydrogens is 181 g/mol. The van der Waals surface area contributed by atoms with E-state index in [9.17, 15) is 13.2 Å². The maximum absolute atomic E-state index is 12.3. The van der Waals surface area contributed by atoms with Crippen LogP contribution in [0.25, 0.3) is 0 Å². The minimum absolute atomic E-state index is 0.111. The van der Waals surface area contributed by atoms with Gasteiger partial charge in [0.05, 0.1) is 12.0 Å². The number of hydrogen-bond donors (Lipinski definition) is 0. The molecule has 0 spiro atoms. The molecular formula is C9H13F3O. The van der Waals surface area contributed by atoms with Crippen LogP contribution in [0.4, 0.5) is 13.2 Å². The van der Waals surface area contributed by atoms with Crippen molar-refractivity contribution in [2.45, 2.75) is 38.0 Å². The lowest BCUT2D eigenvalue weighted by atomic mass is 9.79. The van der Waals surface area contributed by atoms with Crippen LogP contribution in [0.15, 0.2) is 0 Å². The molecule has 2 fully saturated rings. The van der Waals surface area contributed by atoms with Crippen LogP contribution in [-0.4, -0.2) is 18.9 Å². The van der Waals surface area contributed by atoms with Crippen LogP contribution >= 0.6 is 0 Å². The summed E-state index contributed by atoms with van der Waals surface area (Å²) in [4.78, 5) is 0. The molecule has 0 N–H and O–H groups in total. The van der Waals surface area contributed by atoms with Crippen molar-refractivity contribution in [3.05, 3.63) is 0 Å². The predicted octanol–water partition coefficient (Wildman–Crippen LogP) is 2.75. The predicted molar refractivity (Wildman–Crippen MR) is 41.2 cm³/mol. The van der Waals surface area contributed by atoms with Gasteiger partial charge in [0.2, 0.25) is 0 Å². The molecule has 0 unspecified atom stereocenters. The first-order valence-corrected chi connectivity index (χ1v) is 4.75. The van der Waals surface area contributed by atoms with Crippen molar-refractivity contribution >= 4 is 0 Å². The average molecular weight is 194 g/mol. The number of fused-ring (bicyclic) bond motifs is 1. The number of rotatable bonds is 0. The third kappa shape index (κ3) is 1.82. The van der Waals surface area contributed by atoms with E-state index in [1.54, 1.807) is 0 Å². The Morgan fingerprint density at radius 2 is 1.85 bits per heavy atom. The molecule has 2 aliphatic rings. The summed E-state index contributed by atoms with van der Waals surface area (Å²) in [7, 11) is 0. The molecule has 4 heteroatoms. The van der Waals surface area contributed by atoms with E-state index in [2.05, 4.69) is 0 Å². The zero-order valence-corrected chi connectivity index (χ0v) is 7.31. The Morgan fingerprint density at radius 3 is 2.54 bits per heavy atom. The smallest absolute Gasteiger partial charge is 0.378 e. The van der Waals surface area contributed by atoms with E-state index in [1.807, 2.05) is 0 Å². The molecule has 3 atom stereocenters. The van der Waals surface area contributed by atoms with Crippen LogP contribution in [-0.2, 0) is 4.74 Å². The van der Waals surface area contributed by atoms with E-state index in [-0.39, 0.29) is 12.5 Å². The van der Waals surface area contributed by atoms with Crippen molar-refractivity contribution in [1.29, 1.82) is 0 Å². The fourth-order valence-electron chi connectivity index (χ4n) is 2.39. The van der Waals surface area contributed by atoms with E-state index in [1.165, 1.54) is 0 Å². The Bertz CT molecular complexity index is 190. The lowest BCUT2D eigenvalue weighted by Gasteiger charge is -2.31. The molecule has 1 saturated heterocycles. The summed E-state index contributed by atoms with van der Waals surface area (Å²) in [5.74, 6) is -0.717. The van der Waals surface area contributed by atoms with Crippen LogP contribution in [0.3, 0.4) is 0 Å². The van der Waals surface area contributed by atoms with E-state index < -0.39 is 12.1 Å². The molecule has 1 aliphatic carbocycles. The van der Waals surface area contributed by atoms with Crippen LogP contribution in [0.1, 0.15) is 25.7 Å². The van der Waals surface area contributed by atoms with Gasteiger partial charge in [-0.1, -0.05) is 0 Å². The van der Waals surface area contributed by atoms with Gasteiger partial charge in [0.25, 0.3) is 0 Å². The maximum Gasteiger partial charge on any atom is 0.391 e. The standard InChI is InChI=1S/C9H13F3O/c10-9(11,12)7-2-1-6-3-4-13-8(6)5-7/h6-8H,1-5H2/t6-,7-,8-/m1/s1. The van der Waals surface area contributed by atoms with Crippen molar-refractivity contribution in [2.75, 3.05) is 6.61 Å². The van der Waals surface area contributed by atoms with Gasteiger partial charge in [0.15, 0.2) is 0 Å². The molecule has 2 rings (SSSR count). The normalized spacial score (nSPS) is 40.4. The molecule has 0 radical (unpaired) electrons. The zero-order valence-electron chi connectivity index (χ0n) is 7.31. The zero-order chi connectivity index (χ0) is 9.47. The molecule has 0 aromatic heterocycles. The van der Waals surface area contributed by atoms with Crippen molar-refractivity contribution in [3.8, 4) is 0 Å². The fraction of sp³-hybridized carbons (Fsp3) is 1.00. The van der Waals surface area contributed by atoms with Gasteiger partial charge in [-0.3, -0.25) is 0 Å². The summed E-state index contributed by atoms with van der Waals surface area (Å²) in [6, 6.07) is 0. The van der Waals surface area contributed by atoms with Crippen molar-refractivity contribution in [2.24, 2.45) is 11.8 Å². The summed E-state index contributed by atoms with van der Waals surface area (Å²) in [6.45, 7) is 0.653. The molecule has 13 heavy (non-hydrogen) atoms. The second kappa shape index (κ2) is 3.15. The van der Waals surface area contributed by atoms with Crippen molar-refractivity contribution < 1.29 is 17.9 Å². The highest BCUT2D eigenvalue weighted by atomic mass is 19.4. The Labute approximate surface area is 75.3 Å². The number of ether oxygens (including phenoxy) is 1. The Hall–Kier alpha value is -0.250. The van der Waals surface area contributed by atoms with E-state index in [4.69, 9.17) is 4.74 Å². The Kier molecular flexibility index (Phi) is 2.26. The van der Waals surface area contributed by atoms with Gasteiger partial charge in [-0.05, 0) is 31.6 Å². The van der Waals surface area contributed by atoms with Gasteiger partial charge in [-0.2, -0.15) is 13.2 Å². The largest absolute Gasteiger partial charge is 0.391 e. The van der Waals surface area contributed by atoms with Crippen LogP contribution in [0.2, 0.25) is 0 Å². The van der Waals surface area contributed by atoms with Gasteiger partial charge in [0.1, 0.15) is 0 Å². The van der Waals surface area contributed by atoms with Gasteiger partial charge < -0.3 is 4.74 Å². The highest BCUT2D eigenvalue weighted by Gasteiger charge is 2.46. The maximum atomic E-state index is 12.3. The monoisotopic (exact) mass is 194 g/mol. The SMILES string of the molecule is FC(F)(F)[C@@H]1CC[C@@H]2CCO[C@@H]2C1. The third-order valence-electron chi connectivity index (χ3n) is 3.21. The second-order valence-corrected chi connectivity index (χ2v) is 4.01. The molecule has 1 aliphatic heterocycles. The Balaban J connectivity index is 1.97. The molecule has 1 heterocycles. The highest BCUT2D eigenvalue weighted by molar-refractivity contribution is 4.86. The summed E-state index contributed by atoms with van der Waals surface area (Å²) >= 11 is 0. The van der Waals surface area contributed by atoms with E-state index in [0.29, 0.717) is 25.4 Å². The number of halogens is 3. The lowest BCUT2D eigenvalue weighted by Crippen LogP contribution is -2.34. The van der Waals surface area contributed by atoms with Gasteiger partial charge in [-0.25, -0.2) is 0 Å². The average Bonchev–Trinajstić information content (AvgIpc) is 2.47. The minimum Gasteiger partial charge on any atom is -0.378 e. The topological polar surface area (TPSA) is 9.23 Å². The first kappa shape index (κ1) is 9.31. The van der Waals surface area contributed by atoms with Crippen molar-refractivity contribution in [1.82, 2.24) is 0 Å². The Morgan fingerprint density at radius 1 is 1.08 bits per heavy atom. The molecule has 1 saturated carbocycles. The van der Waals surface area contributed by atoms with Crippen LogP contribution in [0, 0.1) is 11.8 Å². The quantitative estimate of drug-likeness (QED) is 0.576. The number of hydrogen-bond acceptors (Lipinski definition) is 1. The molecule has 0 aromatic carbocycles. The van der Waals surface area contributed by atoms with Gasteiger partial charge in [0, 0.05) is 6.61 Å². The molecule has 76 valence electrons.